The smallest absolute Gasteiger partial charge is 0.295 e. The standard InChI is InChI=1S/C14H11N9O/c1-9-5-6-15-14-18-12(19-23(9)14)13(24)17-10-3-2-4-11(7-10)22-8-16-20-21-22/h2-8H,1H3,(H,17,24). The fourth-order valence-corrected chi connectivity index (χ4v) is 2.20. The predicted octanol–water partition coefficient (Wildman–Crippen LogP) is 0.661. The third-order valence-corrected chi connectivity index (χ3v) is 3.35. The maximum absolute atomic E-state index is 12.4. The highest BCUT2D eigenvalue weighted by Gasteiger charge is 2.14. The zero-order valence-corrected chi connectivity index (χ0v) is 12.5. The van der Waals surface area contributed by atoms with Crippen LogP contribution in [0.4, 0.5) is 5.69 Å². The molecule has 10 nitrogen and oxygen atoms in total. The van der Waals surface area contributed by atoms with Crippen molar-refractivity contribution in [2.45, 2.75) is 6.92 Å². The summed E-state index contributed by atoms with van der Waals surface area (Å²) in [5.41, 5.74) is 2.14. The number of carbonyl (C=O) groups is 1. The number of rotatable bonds is 3. The highest BCUT2D eigenvalue weighted by Crippen LogP contribution is 2.14. The van der Waals surface area contributed by atoms with Gasteiger partial charge in [-0.05, 0) is 41.6 Å². The van der Waals surface area contributed by atoms with Crippen LogP contribution in [0.2, 0.25) is 0 Å². The summed E-state index contributed by atoms with van der Waals surface area (Å²) in [6.07, 6.45) is 3.09. The van der Waals surface area contributed by atoms with Crippen molar-refractivity contribution >= 4 is 17.4 Å². The molecule has 3 aromatic heterocycles. The first-order valence-electron chi connectivity index (χ1n) is 7.04. The SMILES string of the molecule is Cc1ccnc2nc(C(=O)Nc3cccc(-n4cnnn4)c3)nn12. The summed E-state index contributed by atoms with van der Waals surface area (Å²) >= 11 is 0. The molecule has 0 fully saturated rings. The molecule has 0 saturated heterocycles. The van der Waals surface area contributed by atoms with E-state index in [4.69, 9.17) is 0 Å². The zero-order chi connectivity index (χ0) is 16.5. The molecule has 0 atom stereocenters. The van der Waals surface area contributed by atoms with Crippen molar-refractivity contribution in [1.29, 1.82) is 0 Å². The van der Waals surface area contributed by atoms with E-state index in [-0.39, 0.29) is 5.82 Å². The molecule has 1 amide bonds. The van der Waals surface area contributed by atoms with Gasteiger partial charge >= 0.3 is 0 Å². The number of carbonyl (C=O) groups excluding carboxylic acids is 1. The van der Waals surface area contributed by atoms with Gasteiger partial charge in [0.1, 0.15) is 6.33 Å². The number of hydrogen-bond donors (Lipinski definition) is 1. The fourth-order valence-electron chi connectivity index (χ4n) is 2.20. The third kappa shape index (κ3) is 2.45. The van der Waals surface area contributed by atoms with Crippen LogP contribution in [-0.2, 0) is 0 Å². The zero-order valence-electron chi connectivity index (χ0n) is 12.5. The second-order valence-corrected chi connectivity index (χ2v) is 4.99. The summed E-state index contributed by atoms with van der Waals surface area (Å²) in [4.78, 5) is 20.6. The number of hydrogen-bond acceptors (Lipinski definition) is 7. The van der Waals surface area contributed by atoms with Crippen LogP contribution in [0, 0.1) is 6.92 Å². The minimum atomic E-state index is -0.422. The number of nitrogens with one attached hydrogen (secondary N) is 1. The van der Waals surface area contributed by atoms with Crippen LogP contribution >= 0.6 is 0 Å². The lowest BCUT2D eigenvalue weighted by molar-refractivity contribution is 0.101. The number of fused-ring (bicyclic) bond motifs is 1. The molecule has 4 rings (SSSR count). The Morgan fingerprint density at radius 3 is 2.96 bits per heavy atom. The summed E-state index contributed by atoms with van der Waals surface area (Å²) in [7, 11) is 0. The van der Waals surface area contributed by atoms with Crippen LogP contribution in [0.25, 0.3) is 11.5 Å². The van der Waals surface area contributed by atoms with Gasteiger partial charge in [0.25, 0.3) is 11.7 Å². The first kappa shape index (κ1) is 13.9. The Morgan fingerprint density at radius 1 is 1.25 bits per heavy atom. The van der Waals surface area contributed by atoms with Gasteiger partial charge in [-0.2, -0.15) is 4.98 Å². The van der Waals surface area contributed by atoms with Crippen LogP contribution < -0.4 is 5.32 Å². The second-order valence-electron chi connectivity index (χ2n) is 4.99. The topological polar surface area (TPSA) is 116 Å². The molecule has 0 saturated carbocycles. The van der Waals surface area contributed by atoms with Gasteiger partial charge in [0.2, 0.25) is 5.82 Å². The molecule has 3 heterocycles. The maximum atomic E-state index is 12.4. The Bertz CT molecular complexity index is 1020. The first-order valence-corrected chi connectivity index (χ1v) is 7.04. The van der Waals surface area contributed by atoms with Gasteiger partial charge in [0.15, 0.2) is 0 Å². The summed E-state index contributed by atoms with van der Waals surface area (Å²) < 4.78 is 3.01. The van der Waals surface area contributed by atoms with E-state index < -0.39 is 5.91 Å². The highest BCUT2D eigenvalue weighted by atomic mass is 16.2. The van der Waals surface area contributed by atoms with Crippen LogP contribution in [-0.4, -0.2) is 45.7 Å². The minimum absolute atomic E-state index is 0.0459. The van der Waals surface area contributed by atoms with Crippen LogP contribution in [0.15, 0.2) is 42.9 Å². The number of amides is 1. The predicted molar refractivity (Wildman–Crippen MR) is 82.6 cm³/mol. The van der Waals surface area contributed by atoms with Gasteiger partial charge in [-0.15, -0.1) is 10.2 Å². The number of aryl methyl sites for hydroxylation is 1. The lowest BCUT2D eigenvalue weighted by atomic mass is 10.2. The number of benzene rings is 1. The minimum Gasteiger partial charge on any atom is -0.319 e. The van der Waals surface area contributed by atoms with E-state index in [1.807, 2.05) is 13.0 Å². The van der Waals surface area contributed by atoms with Crippen LogP contribution in [0.1, 0.15) is 16.3 Å². The molecule has 0 aliphatic rings. The number of anilines is 1. The molecule has 0 aliphatic heterocycles. The Morgan fingerprint density at radius 2 is 2.17 bits per heavy atom. The molecule has 10 heteroatoms. The van der Waals surface area contributed by atoms with Gasteiger partial charge in [-0.1, -0.05) is 6.07 Å². The fraction of sp³-hybridized carbons (Fsp3) is 0.0714. The van der Waals surface area contributed by atoms with Crippen molar-refractivity contribution in [3.05, 3.63) is 54.4 Å². The molecule has 0 spiro atoms. The van der Waals surface area contributed by atoms with E-state index in [2.05, 4.69) is 35.9 Å². The number of tetrazole rings is 1. The second kappa shape index (κ2) is 5.50. The van der Waals surface area contributed by atoms with Gasteiger partial charge in [0.05, 0.1) is 5.69 Å². The van der Waals surface area contributed by atoms with Crippen LogP contribution in [0.3, 0.4) is 0 Å². The Hall–Kier alpha value is -3.69. The van der Waals surface area contributed by atoms with Crippen molar-refractivity contribution in [3.63, 3.8) is 0 Å². The average Bonchev–Trinajstić information content (AvgIpc) is 3.25. The lowest BCUT2D eigenvalue weighted by Crippen LogP contribution is -2.14. The van der Waals surface area contributed by atoms with E-state index in [0.29, 0.717) is 11.5 Å². The molecule has 0 aliphatic carbocycles. The quantitative estimate of drug-likeness (QED) is 0.589. The molecule has 1 aromatic carbocycles. The Labute approximate surface area is 135 Å². The van der Waals surface area contributed by atoms with Gasteiger partial charge in [0, 0.05) is 17.6 Å². The summed E-state index contributed by atoms with van der Waals surface area (Å²) in [6.45, 7) is 1.86. The van der Waals surface area contributed by atoms with Crippen molar-refractivity contribution in [2.75, 3.05) is 5.32 Å². The summed E-state index contributed by atoms with van der Waals surface area (Å²) in [6, 6.07) is 8.90. The van der Waals surface area contributed by atoms with Gasteiger partial charge < -0.3 is 5.32 Å². The number of nitrogens with zero attached hydrogens (tertiary/aromatic N) is 8. The molecule has 0 unspecified atom stereocenters. The van der Waals surface area contributed by atoms with Crippen molar-refractivity contribution in [3.8, 4) is 5.69 Å². The molecule has 0 bridgehead atoms. The molecular weight excluding hydrogens is 310 g/mol. The largest absolute Gasteiger partial charge is 0.319 e. The van der Waals surface area contributed by atoms with E-state index >= 15 is 0 Å². The van der Waals surface area contributed by atoms with E-state index in [1.165, 1.54) is 15.5 Å². The normalized spacial score (nSPS) is 10.9. The highest BCUT2D eigenvalue weighted by molar-refractivity contribution is 6.01. The van der Waals surface area contributed by atoms with E-state index in [1.54, 1.807) is 30.5 Å². The van der Waals surface area contributed by atoms with E-state index in [9.17, 15) is 4.79 Å². The van der Waals surface area contributed by atoms with Crippen molar-refractivity contribution in [1.82, 2.24) is 39.8 Å². The maximum Gasteiger partial charge on any atom is 0.295 e. The molecule has 4 aromatic rings. The third-order valence-electron chi connectivity index (χ3n) is 3.35. The molecule has 0 radical (unpaired) electrons. The average molecular weight is 321 g/mol. The molecule has 118 valence electrons. The Kier molecular flexibility index (Phi) is 3.19. The van der Waals surface area contributed by atoms with Crippen molar-refractivity contribution in [2.24, 2.45) is 0 Å². The molecular formula is C14H11N9O. The van der Waals surface area contributed by atoms with Crippen LogP contribution in [0.5, 0.6) is 0 Å². The van der Waals surface area contributed by atoms with E-state index in [0.717, 1.165) is 11.4 Å². The Balaban J connectivity index is 1.61. The molecule has 24 heavy (non-hydrogen) atoms. The van der Waals surface area contributed by atoms with Crippen molar-refractivity contribution < 1.29 is 4.79 Å². The first-order chi connectivity index (χ1) is 11.7. The molecule has 1 N–H and O–H groups in total. The summed E-state index contributed by atoms with van der Waals surface area (Å²) in [5, 5.41) is 17.9. The monoisotopic (exact) mass is 321 g/mol. The summed E-state index contributed by atoms with van der Waals surface area (Å²) in [5.74, 6) is 0.000909. The number of aromatic nitrogens is 8. The van der Waals surface area contributed by atoms with Gasteiger partial charge in [-0.25, -0.2) is 14.2 Å². The van der Waals surface area contributed by atoms with Gasteiger partial charge in [-0.3, -0.25) is 4.79 Å². The lowest BCUT2D eigenvalue weighted by Gasteiger charge is -2.05.